The van der Waals surface area contributed by atoms with Crippen LogP contribution in [0.3, 0.4) is 0 Å². The van der Waals surface area contributed by atoms with Crippen LogP contribution in [0.25, 0.3) is 5.69 Å². The molecule has 2 heterocycles. The van der Waals surface area contributed by atoms with Crippen molar-refractivity contribution < 1.29 is 0 Å². The monoisotopic (exact) mass is 277 g/mol. The Morgan fingerprint density at radius 1 is 1.25 bits per heavy atom. The molecule has 1 aliphatic heterocycles. The Kier molecular flexibility index (Phi) is 2.53. The largest absolute Gasteiger partial charge is 0.315 e. The van der Waals surface area contributed by atoms with Crippen LogP contribution >= 0.6 is 15.9 Å². The summed E-state index contributed by atoms with van der Waals surface area (Å²) in [7, 11) is 0. The molecule has 1 fully saturated rings. The smallest absolute Gasteiger partial charge is 0.0994 e. The van der Waals surface area contributed by atoms with Crippen LogP contribution in [-0.4, -0.2) is 22.6 Å². The van der Waals surface area contributed by atoms with Gasteiger partial charge in [0.25, 0.3) is 0 Å². The van der Waals surface area contributed by atoms with Crippen molar-refractivity contribution in [2.75, 3.05) is 13.1 Å². The lowest BCUT2D eigenvalue weighted by molar-refractivity contribution is 0.435. The molecule has 0 aliphatic carbocycles. The number of nitrogens with one attached hydrogen (secondary N) is 1. The van der Waals surface area contributed by atoms with Crippen molar-refractivity contribution in [3.8, 4) is 5.69 Å². The zero-order valence-corrected chi connectivity index (χ0v) is 10.3. The van der Waals surface area contributed by atoms with Gasteiger partial charge in [-0.05, 0) is 24.3 Å². The van der Waals surface area contributed by atoms with Crippen LogP contribution in [0.2, 0.25) is 0 Å². The van der Waals surface area contributed by atoms with Crippen molar-refractivity contribution >= 4 is 15.9 Å². The predicted octanol–water partition coefficient (Wildman–Crippen LogP) is 2.32. The molecule has 1 saturated heterocycles. The molecule has 3 nitrogen and oxygen atoms in total. The second-order valence-electron chi connectivity index (χ2n) is 4.02. The van der Waals surface area contributed by atoms with Gasteiger partial charge in [0.05, 0.1) is 6.33 Å². The zero-order chi connectivity index (χ0) is 11.0. The van der Waals surface area contributed by atoms with Crippen LogP contribution in [0.4, 0.5) is 0 Å². The minimum absolute atomic E-state index is 0.603. The zero-order valence-electron chi connectivity index (χ0n) is 8.73. The third-order valence-corrected chi connectivity index (χ3v) is 3.50. The molecule has 0 radical (unpaired) electrons. The molecule has 2 aromatic rings. The van der Waals surface area contributed by atoms with Gasteiger partial charge in [0.2, 0.25) is 0 Å². The van der Waals surface area contributed by atoms with Crippen molar-refractivity contribution in [1.82, 2.24) is 14.9 Å². The molecule has 16 heavy (non-hydrogen) atoms. The van der Waals surface area contributed by atoms with E-state index >= 15 is 0 Å². The van der Waals surface area contributed by atoms with Gasteiger partial charge in [0.15, 0.2) is 0 Å². The summed E-state index contributed by atoms with van der Waals surface area (Å²) in [4.78, 5) is 4.25. The van der Waals surface area contributed by atoms with Gasteiger partial charge >= 0.3 is 0 Å². The minimum Gasteiger partial charge on any atom is -0.315 e. The van der Waals surface area contributed by atoms with Crippen molar-refractivity contribution in [2.24, 2.45) is 0 Å². The number of imidazole rings is 1. The Morgan fingerprint density at radius 2 is 2.00 bits per heavy atom. The third kappa shape index (κ3) is 1.68. The van der Waals surface area contributed by atoms with Crippen molar-refractivity contribution in [3.05, 3.63) is 47.0 Å². The predicted molar refractivity (Wildman–Crippen MR) is 66.9 cm³/mol. The molecule has 1 aliphatic rings. The molecule has 4 heteroatoms. The van der Waals surface area contributed by atoms with E-state index in [0.29, 0.717) is 5.92 Å². The first kappa shape index (κ1) is 10.1. The summed E-state index contributed by atoms with van der Waals surface area (Å²) in [5.74, 6) is 0.603. The molecule has 0 amide bonds. The van der Waals surface area contributed by atoms with Gasteiger partial charge in [-0.1, -0.05) is 15.9 Å². The molecule has 82 valence electrons. The lowest BCUT2D eigenvalue weighted by atomic mass is 10.00. The Hall–Kier alpha value is -1.13. The van der Waals surface area contributed by atoms with E-state index in [2.05, 4.69) is 55.1 Å². The highest BCUT2D eigenvalue weighted by Crippen LogP contribution is 2.23. The molecular formula is C12H12BrN3. The highest BCUT2D eigenvalue weighted by molar-refractivity contribution is 9.10. The molecule has 0 saturated carbocycles. The average Bonchev–Trinajstić information content (AvgIpc) is 2.65. The van der Waals surface area contributed by atoms with Crippen molar-refractivity contribution in [2.45, 2.75) is 5.92 Å². The molecule has 0 unspecified atom stereocenters. The van der Waals surface area contributed by atoms with E-state index in [1.54, 1.807) is 0 Å². The standard InChI is InChI=1S/C12H12BrN3/c13-10-1-3-11(4-2-10)16-8-15-7-12(16)9-5-14-6-9/h1-4,7-9,14H,5-6H2. The fraction of sp³-hybridized carbons (Fsp3) is 0.250. The molecule has 0 atom stereocenters. The maximum absolute atomic E-state index is 4.25. The number of benzene rings is 1. The topological polar surface area (TPSA) is 29.9 Å². The van der Waals surface area contributed by atoms with E-state index in [1.165, 1.54) is 11.4 Å². The van der Waals surface area contributed by atoms with Crippen LogP contribution < -0.4 is 5.32 Å². The Balaban J connectivity index is 1.99. The number of hydrogen-bond donors (Lipinski definition) is 1. The van der Waals surface area contributed by atoms with Gasteiger partial charge in [-0.25, -0.2) is 4.98 Å². The van der Waals surface area contributed by atoms with E-state index in [-0.39, 0.29) is 0 Å². The van der Waals surface area contributed by atoms with Gasteiger partial charge in [0.1, 0.15) is 0 Å². The summed E-state index contributed by atoms with van der Waals surface area (Å²) in [6.45, 7) is 2.12. The maximum atomic E-state index is 4.25. The average molecular weight is 278 g/mol. The highest BCUT2D eigenvalue weighted by atomic mass is 79.9. The number of halogens is 1. The second kappa shape index (κ2) is 4.03. The van der Waals surface area contributed by atoms with Crippen LogP contribution in [-0.2, 0) is 0 Å². The molecule has 1 aromatic carbocycles. The lowest BCUT2D eigenvalue weighted by Crippen LogP contribution is -2.40. The number of rotatable bonds is 2. The SMILES string of the molecule is Brc1ccc(-n2cncc2C2CNC2)cc1. The van der Waals surface area contributed by atoms with E-state index in [4.69, 9.17) is 0 Å². The van der Waals surface area contributed by atoms with Gasteiger partial charge < -0.3 is 9.88 Å². The molecule has 0 bridgehead atoms. The fourth-order valence-electron chi connectivity index (χ4n) is 1.92. The first-order chi connectivity index (χ1) is 7.84. The molecule has 0 spiro atoms. The van der Waals surface area contributed by atoms with Gasteiger partial charge in [0, 0.05) is 41.1 Å². The van der Waals surface area contributed by atoms with Gasteiger partial charge in [-0.15, -0.1) is 0 Å². The fourth-order valence-corrected chi connectivity index (χ4v) is 2.19. The Labute approximate surface area is 103 Å². The molecule has 3 rings (SSSR count). The van der Waals surface area contributed by atoms with E-state index in [1.807, 2.05) is 12.5 Å². The lowest BCUT2D eigenvalue weighted by Gasteiger charge is -2.27. The van der Waals surface area contributed by atoms with Crippen LogP contribution in [0.5, 0.6) is 0 Å². The summed E-state index contributed by atoms with van der Waals surface area (Å²) in [6.07, 6.45) is 3.85. The van der Waals surface area contributed by atoms with E-state index in [9.17, 15) is 0 Å². The molecular weight excluding hydrogens is 266 g/mol. The van der Waals surface area contributed by atoms with E-state index in [0.717, 1.165) is 17.6 Å². The van der Waals surface area contributed by atoms with Crippen LogP contribution in [0.15, 0.2) is 41.3 Å². The van der Waals surface area contributed by atoms with Crippen molar-refractivity contribution in [1.29, 1.82) is 0 Å². The Bertz CT molecular complexity index is 485. The van der Waals surface area contributed by atoms with Crippen LogP contribution in [0.1, 0.15) is 11.6 Å². The summed E-state index contributed by atoms with van der Waals surface area (Å²) in [5, 5.41) is 3.29. The maximum Gasteiger partial charge on any atom is 0.0994 e. The Morgan fingerprint density at radius 3 is 2.62 bits per heavy atom. The van der Waals surface area contributed by atoms with Gasteiger partial charge in [-0.3, -0.25) is 0 Å². The third-order valence-electron chi connectivity index (χ3n) is 2.97. The first-order valence-corrected chi connectivity index (χ1v) is 6.13. The number of nitrogens with zero attached hydrogens (tertiary/aromatic N) is 2. The van der Waals surface area contributed by atoms with Crippen LogP contribution in [0, 0.1) is 0 Å². The highest BCUT2D eigenvalue weighted by Gasteiger charge is 2.22. The minimum atomic E-state index is 0.603. The molecule has 1 aromatic heterocycles. The van der Waals surface area contributed by atoms with Crippen molar-refractivity contribution in [3.63, 3.8) is 0 Å². The second-order valence-corrected chi connectivity index (χ2v) is 4.94. The summed E-state index contributed by atoms with van der Waals surface area (Å²) >= 11 is 3.45. The number of aromatic nitrogens is 2. The quantitative estimate of drug-likeness (QED) is 0.913. The molecule has 1 N–H and O–H groups in total. The summed E-state index contributed by atoms with van der Waals surface area (Å²) in [6, 6.07) is 8.30. The summed E-state index contributed by atoms with van der Waals surface area (Å²) in [5.41, 5.74) is 2.46. The first-order valence-electron chi connectivity index (χ1n) is 5.33. The van der Waals surface area contributed by atoms with Gasteiger partial charge in [-0.2, -0.15) is 0 Å². The normalized spacial score (nSPS) is 16.1. The summed E-state index contributed by atoms with van der Waals surface area (Å²) < 4.78 is 3.26. The number of hydrogen-bond acceptors (Lipinski definition) is 2. The van der Waals surface area contributed by atoms with E-state index < -0.39 is 0 Å².